The normalized spacial score (nSPS) is 23.3. The summed E-state index contributed by atoms with van der Waals surface area (Å²) in [4.78, 5) is 10.9. The maximum Gasteiger partial charge on any atom is 0.490 e. The fourth-order valence-corrected chi connectivity index (χ4v) is 3.32. The van der Waals surface area contributed by atoms with E-state index in [1.807, 2.05) is 0 Å². The van der Waals surface area contributed by atoms with Crippen LogP contribution in [-0.2, 0) is 28.8 Å². The Labute approximate surface area is 148 Å². The van der Waals surface area contributed by atoms with Crippen molar-refractivity contribution in [3.8, 4) is 0 Å². The summed E-state index contributed by atoms with van der Waals surface area (Å²) < 4.78 is 76.2. The molecule has 0 aliphatic carbocycles. The minimum Gasteiger partial charge on any atom is -0.456 e. The first-order chi connectivity index (χ1) is 11.9. The molecule has 0 amide bonds. The number of carbonyl (C=O) groups excluding carboxylic acids is 1. The molecule has 2 atom stereocenters. The molecule has 0 radical (unpaired) electrons. The van der Waals surface area contributed by atoms with Crippen LogP contribution >= 0.6 is 0 Å². The quantitative estimate of drug-likeness (QED) is 0.715. The summed E-state index contributed by atoms with van der Waals surface area (Å²) in [6.45, 7) is 2.28. The Bertz CT molecular complexity index is 771. The molecule has 2 rings (SSSR count). The lowest BCUT2D eigenvalue weighted by Gasteiger charge is -2.16. The van der Waals surface area contributed by atoms with Crippen molar-refractivity contribution in [2.45, 2.75) is 42.9 Å². The van der Waals surface area contributed by atoms with Gasteiger partial charge >= 0.3 is 12.1 Å². The number of ether oxygens (including phenoxy) is 3. The van der Waals surface area contributed by atoms with Gasteiger partial charge in [0.1, 0.15) is 18.8 Å². The first-order valence-electron chi connectivity index (χ1n) is 7.49. The van der Waals surface area contributed by atoms with Crippen LogP contribution in [-0.4, -0.2) is 45.2 Å². The minimum atomic E-state index is -5.13. The van der Waals surface area contributed by atoms with Gasteiger partial charge in [0.25, 0.3) is 0 Å². The second-order valence-corrected chi connectivity index (χ2v) is 7.76. The first kappa shape index (κ1) is 20.4. The van der Waals surface area contributed by atoms with Crippen LogP contribution in [0.15, 0.2) is 46.7 Å². The molecule has 10 heteroatoms. The molecular weight excluding hydrogens is 377 g/mol. The zero-order chi connectivity index (χ0) is 19.6. The Morgan fingerprint density at radius 2 is 1.85 bits per heavy atom. The molecule has 0 spiro atoms. The summed E-state index contributed by atoms with van der Waals surface area (Å²) >= 11 is 0. The smallest absolute Gasteiger partial charge is 0.456 e. The molecule has 144 valence electrons. The monoisotopic (exact) mass is 394 g/mol. The van der Waals surface area contributed by atoms with Crippen LogP contribution < -0.4 is 0 Å². The Morgan fingerprint density at radius 1 is 1.23 bits per heavy atom. The molecule has 1 aromatic carbocycles. The van der Waals surface area contributed by atoms with Gasteiger partial charge in [0, 0.05) is 5.41 Å². The zero-order valence-electron chi connectivity index (χ0n) is 13.9. The summed E-state index contributed by atoms with van der Waals surface area (Å²) in [6, 6.07) is 7.57. The topological polar surface area (TPSA) is 78.9 Å². The first-order valence-corrected chi connectivity index (χ1v) is 9.03. The van der Waals surface area contributed by atoms with Crippen molar-refractivity contribution in [3.05, 3.63) is 41.8 Å². The Hall–Kier alpha value is -1.91. The third kappa shape index (κ3) is 5.29. The second kappa shape index (κ2) is 7.37. The van der Waals surface area contributed by atoms with Crippen LogP contribution in [0.3, 0.4) is 0 Å². The van der Waals surface area contributed by atoms with Crippen molar-refractivity contribution in [3.63, 3.8) is 0 Å². The Kier molecular flexibility index (Phi) is 5.79. The highest BCUT2D eigenvalue weighted by atomic mass is 32.2. The molecule has 0 bridgehead atoms. The number of alkyl halides is 3. The average molecular weight is 394 g/mol. The Balaban J connectivity index is 2.11. The highest BCUT2D eigenvalue weighted by molar-refractivity contribution is 7.94. The van der Waals surface area contributed by atoms with Gasteiger partial charge in [0.15, 0.2) is 15.6 Å². The van der Waals surface area contributed by atoms with E-state index >= 15 is 0 Å². The summed E-state index contributed by atoms with van der Waals surface area (Å²) in [6.07, 6.45) is -6.07. The molecule has 0 saturated carbocycles. The average Bonchev–Trinajstić information content (AvgIpc) is 2.84. The summed E-state index contributed by atoms with van der Waals surface area (Å²) in [5.41, 5.74) is 0. The largest absolute Gasteiger partial charge is 0.490 e. The van der Waals surface area contributed by atoms with Crippen LogP contribution in [0.2, 0.25) is 0 Å². The number of hydrogen-bond donors (Lipinski definition) is 0. The van der Waals surface area contributed by atoms with Crippen LogP contribution in [0.25, 0.3) is 0 Å². The molecule has 1 aliphatic heterocycles. The third-order valence-corrected chi connectivity index (χ3v) is 4.80. The Morgan fingerprint density at radius 3 is 2.42 bits per heavy atom. The lowest BCUT2D eigenvalue weighted by Crippen LogP contribution is -2.33. The number of hydrogen-bond acceptors (Lipinski definition) is 6. The van der Waals surface area contributed by atoms with Crippen molar-refractivity contribution >= 4 is 15.8 Å². The number of esters is 1. The van der Waals surface area contributed by atoms with Gasteiger partial charge in [-0.05, 0) is 32.1 Å². The molecule has 1 aliphatic rings. The van der Waals surface area contributed by atoms with Crippen molar-refractivity contribution in [1.29, 1.82) is 0 Å². The number of carbonyl (C=O) groups is 1. The van der Waals surface area contributed by atoms with E-state index in [0.29, 0.717) is 0 Å². The van der Waals surface area contributed by atoms with Gasteiger partial charge in [-0.25, -0.2) is 13.2 Å². The van der Waals surface area contributed by atoms with Crippen LogP contribution in [0, 0.1) is 0 Å². The van der Waals surface area contributed by atoms with E-state index in [-0.39, 0.29) is 4.90 Å². The van der Waals surface area contributed by atoms with Crippen LogP contribution in [0.4, 0.5) is 13.2 Å². The van der Waals surface area contributed by atoms with Crippen molar-refractivity contribution in [2.75, 3.05) is 6.61 Å². The van der Waals surface area contributed by atoms with Crippen molar-refractivity contribution in [2.24, 2.45) is 0 Å². The fourth-order valence-electron chi connectivity index (χ4n) is 2.26. The van der Waals surface area contributed by atoms with Gasteiger partial charge < -0.3 is 14.2 Å². The maximum atomic E-state index is 12.2. The summed E-state index contributed by atoms with van der Waals surface area (Å²) in [5.74, 6) is -3.54. The van der Waals surface area contributed by atoms with E-state index in [1.165, 1.54) is 26.0 Å². The summed E-state index contributed by atoms with van der Waals surface area (Å²) in [7, 11) is -3.77. The molecule has 1 aromatic rings. The molecular formula is C16H17F3O6S. The minimum absolute atomic E-state index is 0.0504. The number of benzene rings is 1. The molecule has 26 heavy (non-hydrogen) atoms. The highest BCUT2D eigenvalue weighted by Gasteiger charge is 2.44. The van der Waals surface area contributed by atoms with E-state index in [4.69, 9.17) is 9.47 Å². The van der Waals surface area contributed by atoms with Crippen LogP contribution in [0.1, 0.15) is 13.8 Å². The number of sulfone groups is 1. The standard InChI is InChI=1S/C16H17F3O6S/c1-15(2)24-12(13(25-15)10-23-14(20)16(17,18)19)8-9-26(21,22)11-6-4-3-5-7-11/h3-9,12-13H,10H2,1-2H3/b9-8+/t12-,13+/m1/s1. The van der Waals surface area contributed by atoms with Gasteiger partial charge in [-0.15, -0.1) is 0 Å². The van der Waals surface area contributed by atoms with Gasteiger partial charge in [-0.1, -0.05) is 18.2 Å². The number of rotatable bonds is 5. The lowest BCUT2D eigenvalue weighted by molar-refractivity contribution is -0.204. The maximum absolute atomic E-state index is 12.2. The third-order valence-electron chi connectivity index (χ3n) is 3.35. The van der Waals surface area contributed by atoms with E-state index in [0.717, 1.165) is 11.5 Å². The van der Waals surface area contributed by atoms with Crippen molar-refractivity contribution < 1.29 is 40.6 Å². The van der Waals surface area contributed by atoms with Gasteiger partial charge in [-0.2, -0.15) is 13.2 Å². The van der Waals surface area contributed by atoms with Crippen LogP contribution in [0.5, 0.6) is 0 Å². The lowest BCUT2D eigenvalue weighted by atomic mass is 10.2. The predicted octanol–water partition coefficient (Wildman–Crippen LogP) is 2.60. The molecule has 0 N–H and O–H groups in total. The summed E-state index contributed by atoms with van der Waals surface area (Å²) in [5, 5.41) is 0.885. The molecule has 1 saturated heterocycles. The van der Waals surface area contributed by atoms with E-state index in [2.05, 4.69) is 4.74 Å². The molecule has 1 fully saturated rings. The molecule has 0 aromatic heterocycles. The molecule has 0 unspecified atom stereocenters. The predicted molar refractivity (Wildman–Crippen MR) is 83.6 cm³/mol. The molecule has 1 heterocycles. The van der Waals surface area contributed by atoms with E-state index in [9.17, 15) is 26.4 Å². The van der Waals surface area contributed by atoms with Crippen molar-refractivity contribution in [1.82, 2.24) is 0 Å². The van der Waals surface area contributed by atoms with E-state index < -0.39 is 46.6 Å². The van der Waals surface area contributed by atoms with Gasteiger partial charge in [0.2, 0.25) is 0 Å². The van der Waals surface area contributed by atoms with Gasteiger partial charge in [-0.3, -0.25) is 0 Å². The fraction of sp³-hybridized carbons (Fsp3) is 0.438. The van der Waals surface area contributed by atoms with E-state index in [1.54, 1.807) is 18.2 Å². The van der Waals surface area contributed by atoms with Gasteiger partial charge in [0.05, 0.1) is 4.90 Å². The molecule has 6 nitrogen and oxygen atoms in total. The second-order valence-electron chi connectivity index (χ2n) is 5.92. The number of halogens is 3. The highest BCUT2D eigenvalue weighted by Crippen LogP contribution is 2.30. The zero-order valence-corrected chi connectivity index (χ0v) is 14.7. The SMILES string of the molecule is CC1(C)O[C@@H](COC(=O)C(F)(F)F)[C@@H](/C=C/S(=O)(=O)c2ccccc2)O1.